The number of carbonyl (C=O) groups is 1. The molecule has 16 heavy (non-hydrogen) atoms. The highest BCUT2D eigenvalue weighted by molar-refractivity contribution is 5.72. The summed E-state index contributed by atoms with van der Waals surface area (Å²) < 4.78 is 0. The van der Waals surface area contributed by atoms with Gasteiger partial charge in [-0.25, -0.2) is 0 Å². The average molecular weight is 216 g/mol. The number of benzene rings is 1. The molecular weight excluding hydrogens is 200 g/mol. The molecule has 2 aliphatic rings. The van der Waals surface area contributed by atoms with Crippen molar-refractivity contribution in [1.29, 1.82) is 0 Å². The molecule has 0 saturated heterocycles. The maximum absolute atomic E-state index is 11.0. The van der Waals surface area contributed by atoms with E-state index in [1.807, 2.05) is 0 Å². The van der Waals surface area contributed by atoms with Gasteiger partial charge in [-0.3, -0.25) is 4.79 Å². The van der Waals surface area contributed by atoms with Crippen LogP contribution in [-0.2, 0) is 11.2 Å². The van der Waals surface area contributed by atoms with Gasteiger partial charge in [-0.15, -0.1) is 0 Å². The number of carboxylic acid groups (broad SMARTS) is 1. The van der Waals surface area contributed by atoms with Crippen LogP contribution in [0.3, 0.4) is 0 Å². The molecular formula is C14H16O2. The first kappa shape index (κ1) is 9.88. The van der Waals surface area contributed by atoms with Gasteiger partial charge in [0.15, 0.2) is 0 Å². The van der Waals surface area contributed by atoms with Crippen LogP contribution in [0.1, 0.15) is 54.2 Å². The topological polar surface area (TPSA) is 37.3 Å². The largest absolute Gasteiger partial charge is 0.481 e. The van der Waals surface area contributed by atoms with Crippen molar-refractivity contribution in [2.24, 2.45) is 0 Å². The molecule has 0 atom stereocenters. The smallest absolute Gasteiger partial charge is 0.307 e. The van der Waals surface area contributed by atoms with Crippen molar-refractivity contribution < 1.29 is 9.90 Å². The van der Waals surface area contributed by atoms with Crippen LogP contribution in [0.25, 0.3) is 0 Å². The van der Waals surface area contributed by atoms with E-state index in [1.165, 1.54) is 36.8 Å². The molecule has 2 heteroatoms. The lowest BCUT2D eigenvalue weighted by atomic mass is 9.93. The zero-order chi connectivity index (χ0) is 11.1. The van der Waals surface area contributed by atoms with Gasteiger partial charge in [-0.1, -0.05) is 18.2 Å². The molecule has 0 amide bonds. The second-order valence-corrected chi connectivity index (χ2v) is 5.03. The molecule has 84 valence electrons. The van der Waals surface area contributed by atoms with Crippen molar-refractivity contribution in [3.05, 3.63) is 34.9 Å². The summed E-state index contributed by atoms with van der Waals surface area (Å²) in [4.78, 5) is 11.0. The van der Waals surface area contributed by atoms with Gasteiger partial charge in [0.05, 0.1) is 6.42 Å². The third-order valence-corrected chi connectivity index (χ3v) is 3.61. The fraction of sp³-hybridized carbons (Fsp3) is 0.500. The van der Waals surface area contributed by atoms with Crippen LogP contribution in [0.2, 0.25) is 0 Å². The lowest BCUT2D eigenvalue weighted by Gasteiger charge is -2.12. The fourth-order valence-corrected chi connectivity index (χ4v) is 2.53. The maximum atomic E-state index is 11.0. The van der Waals surface area contributed by atoms with E-state index in [0.717, 1.165) is 5.56 Å². The van der Waals surface area contributed by atoms with Crippen molar-refractivity contribution in [3.63, 3.8) is 0 Å². The monoisotopic (exact) mass is 216 g/mol. The summed E-state index contributed by atoms with van der Waals surface area (Å²) in [6.07, 6.45) is 5.15. The zero-order valence-electron chi connectivity index (χ0n) is 9.28. The van der Waals surface area contributed by atoms with Crippen LogP contribution in [-0.4, -0.2) is 11.1 Å². The first-order chi connectivity index (χ1) is 7.75. The Hall–Kier alpha value is -1.31. The van der Waals surface area contributed by atoms with Gasteiger partial charge in [0, 0.05) is 0 Å². The van der Waals surface area contributed by atoms with Gasteiger partial charge in [-0.2, -0.15) is 0 Å². The maximum Gasteiger partial charge on any atom is 0.307 e. The molecule has 0 bridgehead atoms. The predicted molar refractivity (Wildman–Crippen MR) is 61.7 cm³/mol. The van der Waals surface area contributed by atoms with E-state index >= 15 is 0 Å². The van der Waals surface area contributed by atoms with Gasteiger partial charge in [0.25, 0.3) is 0 Å². The van der Waals surface area contributed by atoms with Crippen molar-refractivity contribution in [2.45, 2.75) is 43.9 Å². The number of carboxylic acids is 1. The SMILES string of the molecule is O=C(O)Cc1c(C2CC2)cccc1C1CC1. The van der Waals surface area contributed by atoms with Crippen LogP contribution in [0.5, 0.6) is 0 Å². The zero-order valence-corrected chi connectivity index (χ0v) is 9.28. The van der Waals surface area contributed by atoms with E-state index < -0.39 is 5.97 Å². The molecule has 0 radical (unpaired) electrons. The molecule has 3 rings (SSSR count). The number of hydrogen-bond acceptors (Lipinski definition) is 1. The Balaban J connectivity index is 2.02. The molecule has 2 saturated carbocycles. The third kappa shape index (κ3) is 1.84. The van der Waals surface area contributed by atoms with E-state index in [-0.39, 0.29) is 6.42 Å². The van der Waals surface area contributed by atoms with Gasteiger partial charge in [-0.05, 0) is 54.2 Å². The van der Waals surface area contributed by atoms with Crippen molar-refractivity contribution in [1.82, 2.24) is 0 Å². The van der Waals surface area contributed by atoms with E-state index in [0.29, 0.717) is 11.8 Å². The van der Waals surface area contributed by atoms with Gasteiger partial charge in [0.1, 0.15) is 0 Å². The van der Waals surface area contributed by atoms with E-state index in [1.54, 1.807) is 0 Å². The lowest BCUT2D eigenvalue weighted by Crippen LogP contribution is -2.06. The minimum atomic E-state index is -0.699. The summed E-state index contributed by atoms with van der Waals surface area (Å²) in [5, 5.41) is 9.02. The molecule has 2 fully saturated rings. The fourth-order valence-electron chi connectivity index (χ4n) is 2.53. The molecule has 0 aliphatic heterocycles. The van der Waals surface area contributed by atoms with Crippen LogP contribution in [0.4, 0.5) is 0 Å². The average Bonchev–Trinajstić information content (AvgIpc) is 3.12. The third-order valence-electron chi connectivity index (χ3n) is 3.61. The quantitative estimate of drug-likeness (QED) is 0.839. The Morgan fingerprint density at radius 1 is 1.12 bits per heavy atom. The Morgan fingerprint density at radius 3 is 2.00 bits per heavy atom. The van der Waals surface area contributed by atoms with Gasteiger partial charge in [0.2, 0.25) is 0 Å². The highest BCUT2D eigenvalue weighted by Gasteiger charge is 2.32. The van der Waals surface area contributed by atoms with Crippen LogP contribution < -0.4 is 0 Å². The second kappa shape index (κ2) is 3.62. The Bertz CT molecular complexity index is 398. The van der Waals surface area contributed by atoms with E-state index in [9.17, 15) is 4.79 Å². The number of aliphatic carboxylic acids is 1. The first-order valence-corrected chi connectivity index (χ1v) is 6.09. The normalized spacial score (nSPS) is 19.8. The first-order valence-electron chi connectivity index (χ1n) is 6.09. The summed E-state index contributed by atoms with van der Waals surface area (Å²) in [7, 11) is 0. The second-order valence-electron chi connectivity index (χ2n) is 5.03. The minimum Gasteiger partial charge on any atom is -0.481 e. The Kier molecular flexibility index (Phi) is 2.23. The van der Waals surface area contributed by atoms with Crippen molar-refractivity contribution >= 4 is 5.97 Å². The molecule has 2 nitrogen and oxygen atoms in total. The van der Waals surface area contributed by atoms with Gasteiger partial charge < -0.3 is 5.11 Å². The van der Waals surface area contributed by atoms with E-state index in [4.69, 9.17) is 5.11 Å². The summed E-state index contributed by atoms with van der Waals surface area (Å²) in [6.45, 7) is 0. The molecule has 2 aliphatic carbocycles. The van der Waals surface area contributed by atoms with Crippen LogP contribution in [0, 0.1) is 0 Å². The molecule has 0 unspecified atom stereocenters. The highest BCUT2D eigenvalue weighted by atomic mass is 16.4. The molecule has 0 heterocycles. The molecule has 1 aromatic carbocycles. The molecule has 0 spiro atoms. The predicted octanol–water partition coefficient (Wildman–Crippen LogP) is 3.07. The van der Waals surface area contributed by atoms with E-state index in [2.05, 4.69) is 18.2 Å². The lowest BCUT2D eigenvalue weighted by molar-refractivity contribution is -0.136. The van der Waals surface area contributed by atoms with Crippen LogP contribution in [0.15, 0.2) is 18.2 Å². The summed E-state index contributed by atoms with van der Waals surface area (Å²) in [5.41, 5.74) is 3.75. The number of rotatable bonds is 4. The highest BCUT2D eigenvalue weighted by Crippen LogP contribution is 2.47. The summed E-state index contributed by atoms with van der Waals surface area (Å²) in [5.74, 6) is 0.594. The number of hydrogen-bond donors (Lipinski definition) is 1. The molecule has 1 N–H and O–H groups in total. The van der Waals surface area contributed by atoms with Crippen LogP contribution >= 0.6 is 0 Å². The standard InChI is InChI=1S/C14H16O2/c15-14(16)8-13-11(9-4-5-9)2-1-3-12(13)10-6-7-10/h1-3,9-10H,4-8H2,(H,15,16). The Labute approximate surface area is 95.3 Å². The Morgan fingerprint density at radius 2 is 1.62 bits per heavy atom. The minimum absolute atomic E-state index is 0.207. The summed E-state index contributed by atoms with van der Waals surface area (Å²) >= 11 is 0. The van der Waals surface area contributed by atoms with Crippen molar-refractivity contribution in [3.8, 4) is 0 Å². The summed E-state index contributed by atoms with van der Waals surface area (Å²) in [6, 6.07) is 6.36. The van der Waals surface area contributed by atoms with Gasteiger partial charge >= 0.3 is 5.97 Å². The molecule has 1 aromatic rings. The van der Waals surface area contributed by atoms with Crippen molar-refractivity contribution in [2.75, 3.05) is 0 Å². The molecule has 0 aromatic heterocycles.